The topological polar surface area (TPSA) is 35.2 Å². The fraction of sp³-hybridized carbons (Fsp3) is 0.562. The average molecular weight is 295 g/mol. The molecule has 110 valence electrons. The maximum Gasteiger partial charge on any atom is 0.138 e. The van der Waals surface area contributed by atoms with Gasteiger partial charge in [0.05, 0.1) is 12.7 Å². The van der Waals surface area contributed by atoms with E-state index in [1.165, 1.54) is 19.3 Å². The molecule has 2 atom stereocenters. The van der Waals surface area contributed by atoms with Crippen molar-refractivity contribution in [1.29, 1.82) is 0 Å². The van der Waals surface area contributed by atoms with Crippen molar-refractivity contribution in [2.45, 2.75) is 51.7 Å². The Morgan fingerprint density at radius 2 is 2.15 bits per heavy atom. The van der Waals surface area contributed by atoms with Gasteiger partial charge in [0.1, 0.15) is 10.8 Å². The molecule has 0 radical (unpaired) electrons. The number of benzene rings is 1. The van der Waals surface area contributed by atoms with Crippen LogP contribution in [0.4, 0.5) is 4.39 Å². The van der Waals surface area contributed by atoms with E-state index >= 15 is 0 Å². The highest BCUT2D eigenvalue weighted by Crippen LogP contribution is 2.30. The van der Waals surface area contributed by atoms with Gasteiger partial charge < -0.3 is 10.5 Å². The predicted octanol–water partition coefficient (Wildman–Crippen LogP) is 3.95. The lowest BCUT2D eigenvalue weighted by Crippen LogP contribution is -2.27. The first kappa shape index (κ1) is 15.4. The van der Waals surface area contributed by atoms with E-state index in [2.05, 4.69) is 6.92 Å². The molecule has 0 spiro atoms. The second-order valence-electron chi connectivity index (χ2n) is 5.45. The van der Waals surface area contributed by atoms with Crippen LogP contribution in [0.3, 0.4) is 0 Å². The number of hydrogen-bond acceptors (Lipinski definition) is 2. The molecule has 1 aromatic carbocycles. The van der Waals surface area contributed by atoms with Crippen LogP contribution in [0.2, 0.25) is 0 Å². The molecule has 20 heavy (non-hydrogen) atoms. The first-order valence-corrected chi connectivity index (χ1v) is 7.73. The van der Waals surface area contributed by atoms with Crippen molar-refractivity contribution in [2.24, 2.45) is 11.7 Å². The van der Waals surface area contributed by atoms with Gasteiger partial charge in [0.25, 0.3) is 0 Å². The molecule has 0 heterocycles. The van der Waals surface area contributed by atoms with E-state index < -0.39 is 0 Å². The minimum Gasteiger partial charge on any atom is -0.389 e. The van der Waals surface area contributed by atoms with Crippen LogP contribution in [-0.4, -0.2) is 11.1 Å². The van der Waals surface area contributed by atoms with Gasteiger partial charge in [0, 0.05) is 11.1 Å². The highest BCUT2D eigenvalue weighted by molar-refractivity contribution is 7.80. The minimum absolute atomic E-state index is 0.0912. The van der Waals surface area contributed by atoms with Crippen LogP contribution >= 0.6 is 12.2 Å². The summed E-state index contributed by atoms with van der Waals surface area (Å²) in [6.07, 6.45) is 6.16. The molecule has 1 saturated carbocycles. The van der Waals surface area contributed by atoms with Crippen molar-refractivity contribution in [1.82, 2.24) is 0 Å². The minimum atomic E-state index is -0.344. The summed E-state index contributed by atoms with van der Waals surface area (Å²) in [5.41, 5.74) is 6.36. The Morgan fingerprint density at radius 1 is 1.40 bits per heavy atom. The van der Waals surface area contributed by atoms with Crippen LogP contribution in [-0.2, 0) is 11.3 Å². The number of ether oxygens (including phenoxy) is 1. The van der Waals surface area contributed by atoms with Crippen LogP contribution < -0.4 is 5.73 Å². The lowest BCUT2D eigenvalue weighted by Gasteiger charge is -2.30. The van der Waals surface area contributed by atoms with Gasteiger partial charge in [-0.25, -0.2) is 4.39 Å². The smallest absolute Gasteiger partial charge is 0.138 e. The third kappa shape index (κ3) is 3.55. The van der Waals surface area contributed by atoms with Crippen LogP contribution in [0.15, 0.2) is 18.2 Å². The summed E-state index contributed by atoms with van der Waals surface area (Å²) in [6, 6.07) is 5.12. The Morgan fingerprint density at radius 3 is 2.85 bits per heavy atom. The van der Waals surface area contributed by atoms with Crippen molar-refractivity contribution in [3.63, 3.8) is 0 Å². The molecule has 0 aromatic heterocycles. The number of halogens is 1. The van der Waals surface area contributed by atoms with Crippen molar-refractivity contribution >= 4 is 17.2 Å². The highest BCUT2D eigenvalue weighted by atomic mass is 32.1. The molecule has 1 fully saturated rings. The van der Waals surface area contributed by atoms with E-state index in [0.717, 1.165) is 12.8 Å². The van der Waals surface area contributed by atoms with E-state index in [9.17, 15) is 4.39 Å². The summed E-state index contributed by atoms with van der Waals surface area (Å²) in [6.45, 7) is 2.49. The fourth-order valence-corrected chi connectivity index (χ4v) is 3.10. The molecule has 2 nitrogen and oxygen atoms in total. The standard InChI is InChI=1S/C16H22FNOS/c1-2-11-6-3-4-9-14(11)19-10-12-7-5-8-13(15(12)17)16(18)20/h5,7-8,11,14H,2-4,6,9-10H2,1H3,(H2,18,20). The van der Waals surface area contributed by atoms with Gasteiger partial charge in [-0.05, 0) is 24.8 Å². The fourth-order valence-electron chi connectivity index (χ4n) is 2.94. The van der Waals surface area contributed by atoms with Gasteiger partial charge >= 0.3 is 0 Å². The molecule has 0 saturated heterocycles. The van der Waals surface area contributed by atoms with Crippen LogP contribution in [0.5, 0.6) is 0 Å². The largest absolute Gasteiger partial charge is 0.389 e. The number of rotatable bonds is 5. The summed E-state index contributed by atoms with van der Waals surface area (Å²) in [5, 5.41) is 0. The number of nitrogens with two attached hydrogens (primary N) is 1. The monoisotopic (exact) mass is 295 g/mol. The lowest BCUT2D eigenvalue weighted by molar-refractivity contribution is -0.0231. The van der Waals surface area contributed by atoms with E-state index in [-0.39, 0.29) is 16.9 Å². The molecule has 4 heteroatoms. The molecule has 0 amide bonds. The van der Waals surface area contributed by atoms with Gasteiger partial charge in [-0.3, -0.25) is 0 Å². The predicted molar refractivity (Wildman–Crippen MR) is 83.1 cm³/mol. The van der Waals surface area contributed by atoms with Crippen molar-refractivity contribution in [2.75, 3.05) is 0 Å². The molecule has 2 rings (SSSR count). The summed E-state index contributed by atoms with van der Waals surface area (Å²) < 4.78 is 20.2. The molecule has 0 bridgehead atoms. The maximum atomic E-state index is 14.2. The Balaban J connectivity index is 2.03. The van der Waals surface area contributed by atoms with Gasteiger partial charge in [0.2, 0.25) is 0 Å². The highest BCUT2D eigenvalue weighted by Gasteiger charge is 2.24. The van der Waals surface area contributed by atoms with E-state index in [0.29, 0.717) is 23.7 Å². The summed E-state index contributed by atoms with van der Waals surface area (Å²) >= 11 is 4.85. The first-order valence-electron chi connectivity index (χ1n) is 7.32. The van der Waals surface area contributed by atoms with Crippen molar-refractivity contribution in [3.8, 4) is 0 Å². The normalized spacial score (nSPS) is 22.7. The number of hydrogen-bond donors (Lipinski definition) is 1. The Bertz CT molecular complexity index is 478. The summed E-state index contributed by atoms with van der Waals surface area (Å²) in [5.74, 6) is 0.259. The lowest BCUT2D eigenvalue weighted by atomic mass is 9.85. The van der Waals surface area contributed by atoms with E-state index in [4.69, 9.17) is 22.7 Å². The SMILES string of the molecule is CCC1CCCCC1OCc1cccc(C(N)=S)c1F. The molecule has 2 unspecified atom stereocenters. The number of thiocarbonyl (C=S) groups is 1. The molecule has 1 aromatic rings. The third-order valence-corrected chi connectivity index (χ3v) is 4.38. The van der Waals surface area contributed by atoms with E-state index in [1.807, 2.05) is 0 Å². The zero-order chi connectivity index (χ0) is 14.5. The maximum absolute atomic E-state index is 14.2. The molecule has 0 aliphatic heterocycles. The summed E-state index contributed by atoms with van der Waals surface area (Å²) in [4.78, 5) is 0.0912. The van der Waals surface area contributed by atoms with Crippen LogP contribution in [0, 0.1) is 11.7 Å². The molecular weight excluding hydrogens is 273 g/mol. The van der Waals surface area contributed by atoms with Crippen LogP contribution in [0.1, 0.15) is 50.2 Å². The first-order chi connectivity index (χ1) is 9.63. The van der Waals surface area contributed by atoms with Gasteiger partial charge in [-0.2, -0.15) is 0 Å². The molecule has 2 N–H and O–H groups in total. The average Bonchev–Trinajstić information content (AvgIpc) is 2.46. The third-order valence-electron chi connectivity index (χ3n) is 4.16. The zero-order valence-corrected chi connectivity index (χ0v) is 12.7. The van der Waals surface area contributed by atoms with Gasteiger partial charge in [-0.1, -0.05) is 50.5 Å². The Labute approximate surface area is 125 Å². The second kappa shape index (κ2) is 7.14. The second-order valence-corrected chi connectivity index (χ2v) is 5.88. The Hall–Kier alpha value is -1.00. The molecular formula is C16H22FNOS. The summed E-state index contributed by atoms with van der Waals surface area (Å²) in [7, 11) is 0. The Kier molecular flexibility index (Phi) is 5.49. The van der Waals surface area contributed by atoms with Crippen molar-refractivity contribution < 1.29 is 9.13 Å². The molecule has 1 aliphatic rings. The van der Waals surface area contributed by atoms with E-state index in [1.54, 1.807) is 18.2 Å². The molecule has 1 aliphatic carbocycles. The van der Waals surface area contributed by atoms with Gasteiger partial charge in [0.15, 0.2) is 0 Å². The van der Waals surface area contributed by atoms with Crippen molar-refractivity contribution in [3.05, 3.63) is 35.1 Å². The van der Waals surface area contributed by atoms with Gasteiger partial charge in [-0.15, -0.1) is 0 Å². The quantitative estimate of drug-likeness (QED) is 0.836. The zero-order valence-electron chi connectivity index (χ0n) is 11.9. The van der Waals surface area contributed by atoms with Crippen LogP contribution in [0.25, 0.3) is 0 Å².